The summed E-state index contributed by atoms with van der Waals surface area (Å²) >= 11 is 6.88. The summed E-state index contributed by atoms with van der Waals surface area (Å²) in [7, 11) is 0. The average molecular weight is 616 g/mol. The molecule has 3 aromatic rings. The predicted octanol–water partition coefficient (Wildman–Crippen LogP) is 5.07. The Morgan fingerprint density at radius 2 is 2.12 bits per heavy atom. The van der Waals surface area contributed by atoms with Gasteiger partial charge < -0.3 is 25.4 Å². The lowest BCUT2D eigenvalue weighted by atomic mass is 9.94. The minimum Gasteiger partial charge on any atom is -0.489 e. The summed E-state index contributed by atoms with van der Waals surface area (Å²) < 4.78 is 55.0. The average Bonchev–Trinajstić information content (AvgIpc) is 3.44. The van der Waals surface area contributed by atoms with Gasteiger partial charge >= 0.3 is 12.2 Å². The minimum absolute atomic E-state index is 0.000537. The first-order valence-corrected chi connectivity index (χ1v) is 15.0. The van der Waals surface area contributed by atoms with Crippen LogP contribution < -0.4 is 25.4 Å². The largest absolute Gasteiger partial charge is 0.489 e. The van der Waals surface area contributed by atoms with Crippen molar-refractivity contribution in [3.63, 3.8) is 0 Å². The van der Waals surface area contributed by atoms with Crippen LogP contribution in [0.15, 0.2) is 30.4 Å². The molecule has 2 aromatic heterocycles. The van der Waals surface area contributed by atoms with Crippen LogP contribution in [-0.2, 0) is 6.18 Å². The maximum atomic E-state index is 14.1. The second kappa shape index (κ2) is 10.4. The number of anilines is 2. The second-order valence-corrected chi connectivity index (χ2v) is 12.4. The number of nitrogens with zero attached hydrogens (tertiary/aromatic N) is 5. The van der Waals surface area contributed by atoms with Crippen LogP contribution in [0, 0.1) is 0 Å². The summed E-state index contributed by atoms with van der Waals surface area (Å²) in [4.78, 5) is 18.3. The second-order valence-electron chi connectivity index (χ2n) is 12.0. The molecule has 3 atom stereocenters. The number of ether oxygens (including phenoxy) is 2. The minimum atomic E-state index is -4.69. The third kappa shape index (κ3) is 4.83. The van der Waals surface area contributed by atoms with Gasteiger partial charge in [0.15, 0.2) is 5.75 Å². The molecule has 3 saturated heterocycles. The van der Waals surface area contributed by atoms with E-state index in [4.69, 9.17) is 36.8 Å². The quantitative estimate of drug-likeness (QED) is 0.381. The lowest BCUT2D eigenvalue weighted by Gasteiger charge is -2.39. The number of aromatic nitrogens is 3. The molecular formula is C30H33ClF3N7O2. The summed E-state index contributed by atoms with van der Waals surface area (Å²) in [6.45, 7) is 10.1. The van der Waals surface area contributed by atoms with E-state index in [1.807, 2.05) is 0 Å². The Labute approximate surface area is 252 Å². The number of nitrogens with two attached hydrogens (primary N) is 1. The smallest absolute Gasteiger partial charge is 0.418 e. The SMILES string of the molecule is C=C1CN2CCC[C@@]2(COc2nc3c4c(c(Cl)c(-c5nc(N)ccc5C(F)(F)F)cc4n2)OC[C@@H]2CN[C@H](CC)CN32)C1. The number of alkyl halides is 3. The molecule has 13 heteroatoms. The topological polar surface area (TPSA) is 102 Å². The number of hydrogen-bond acceptors (Lipinski definition) is 9. The molecular weight excluding hydrogens is 583 g/mol. The Balaban J connectivity index is 1.39. The molecule has 1 aromatic carbocycles. The number of hydrogen-bond donors (Lipinski definition) is 2. The zero-order chi connectivity index (χ0) is 30.1. The van der Waals surface area contributed by atoms with Gasteiger partial charge in [-0.3, -0.25) is 4.90 Å². The van der Waals surface area contributed by atoms with Crippen LogP contribution in [0.1, 0.15) is 38.2 Å². The molecule has 0 bridgehead atoms. The Hall–Kier alpha value is -3.35. The van der Waals surface area contributed by atoms with Gasteiger partial charge in [0, 0.05) is 31.2 Å². The molecule has 0 saturated carbocycles. The molecule has 0 spiro atoms. The molecule has 7 rings (SSSR count). The molecule has 3 N–H and O–H groups in total. The van der Waals surface area contributed by atoms with Gasteiger partial charge in [-0.2, -0.15) is 23.1 Å². The van der Waals surface area contributed by atoms with Crippen LogP contribution in [0.2, 0.25) is 5.02 Å². The third-order valence-electron chi connectivity index (χ3n) is 9.21. The lowest BCUT2D eigenvalue weighted by molar-refractivity contribution is -0.137. The standard InChI is InChI=1S/C30H33ClF3N7O2/c1-3-17-13-41-18(11-36-17)14-42-26-23-21(9-19(24(26)31)25-20(30(32,33)34)5-6-22(35)38-25)37-28(39-27(23)41)43-15-29-7-4-8-40(29)12-16(2)10-29/h5-6,9,17-18,36H,2-4,7-8,10-15H2,1H3,(H2,35,38)/t17-,18+,29+/m1/s1. The molecule has 0 aliphatic carbocycles. The number of pyridine rings is 1. The van der Waals surface area contributed by atoms with Crippen LogP contribution in [0.5, 0.6) is 11.8 Å². The first kappa shape index (κ1) is 28.4. The molecule has 3 fully saturated rings. The van der Waals surface area contributed by atoms with E-state index in [1.54, 1.807) is 0 Å². The Morgan fingerprint density at radius 3 is 2.91 bits per heavy atom. The Bertz CT molecular complexity index is 1620. The van der Waals surface area contributed by atoms with Crippen molar-refractivity contribution in [2.75, 3.05) is 50.0 Å². The first-order chi connectivity index (χ1) is 20.6. The van der Waals surface area contributed by atoms with Gasteiger partial charge in [0.1, 0.15) is 24.8 Å². The van der Waals surface area contributed by atoms with Crippen LogP contribution in [0.3, 0.4) is 0 Å². The van der Waals surface area contributed by atoms with E-state index in [2.05, 4.69) is 33.6 Å². The van der Waals surface area contributed by atoms with Crippen molar-refractivity contribution in [2.45, 2.75) is 56.4 Å². The molecule has 0 radical (unpaired) electrons. The predicted molar refractivity (Wildman–Crippen MR) is 159 cm³/mol. The van der Waals surface area contributed by atoms with E-state index >= 15 is 0 Å². The highest BCUT2D eigenvalue weighted by atomic mass is 35.5. The zero-order valence-electron chi connectivity index (χ0n) is 23.8. The van der Waals surface area contributed by atoms with Crippen molar-refractivity contribution >= 4 is 34.1 Å². The highest BCUT2D eigenvalue weighted by Gasteiger charge is 2.47. The van der Waals surface area contributed by atoms with Crippen molar-refractivity contribution in [1.29, 1.82) is 0 Å². The number of benzene rings is 1. The van der Waals surface area contributed by atoms with Gasteiger partial charge in [0.2, 0.25) is 0 Å². The number of halogens is 4. The first-order valence-electron chi connectivity index (χ1n) is 14.6. The van der Waals surface area contributed by atoms with E-state index in [-0.39, 0.29) is 58.1 Å². The number of nitrogen functional groups attached to an aromatic ring is 1. The summed E-state index contributed by atoms with van der Waals surface area (Å²) in [5.41, 5.74) is 5.93. The van der Waals surface area contributed by atoms with E-state index in [1.165, 1.54) is 11.6 Å². The van der Waals surface area contributed by atoms with Gasteiger partial charge in [-0.25, -0.2) is 4.98 Å². The van der Waals surface area contributed by atoms with Gasteiger partial charge in [0.25, 0.3) is 0 Å². The summed E-state index contributed by atoms with van der Waals surface area (Å²) in [6.07, 6.45) is -0.849. The van der Waals surface area contributed by atoms with Crippen LogP contribution in [0.4, 0.5) is 24.8 Å². The van der Waals surface area contributed by atoms with Gasteiger partial charge in [0.05, 0.1) is 38.8 Å². The fraction of sp³-hybridized carbons (Fsp3) is 0.500. The van der Waals surface area contributed by atoms with Crippen molar-refractivity contribution in [3.05, 3.63) is 40.9 Å². The van der Waals surface area contributed by atoms with E-state index in [0.29, 0.717) is 36.4 Å². The van der Waals surface area contributed by atoms with Crippen molar-refractivity contribution in [1.82, 2.24) is 25.2 Å². The number of piperazine rings is 1. The summed E-state index contributed by atoms with van der Waals surface area (Å²) in [5.74, 6) is 0.757. The Morgan fingerprint density at radius 1 is 1.28 bits per heavy atom. The maximum absolute atomic E-state index is 14.1. The van der Waals surface area contributed by atoms with Gasteiger partial charge in [-0.15, -0.1) is 0 Å². The Kier molecular flexibility index (Phi) is 6.86. The zero-order valence-corrected chi connectivity index (χ0v) is 24.6. The fourth-order valence-electron chi connectivity index (χ4n) is 7.06. The number of nitrogens with one attached hydrogen (secondary N) is 1. The van der Waals surface area contributed by atoms with Crippen LogP contribution >= 0.6 is 11.6 Å². The normalized spacial score (nSPS) is 25.4. The van der Waals surface area contributed by atoms with Crippen molar-refractivity contribution in [2.24, 2.45) is 0 Å². The molecule has 43 heavy (non-hydrogen) atoms. The molecule has 9 nitrogen and oxygen atoms in total. The maximum Gasteiger partial charge on any atom is 0.418 e. The molecule has 228 valence electrons. The van der Waals surface area contributed by atoms with E-state index < -0.39 is 11.7 Å². The van der Waals surface area contributed by atoms with Gasteiger partial charge in [-0.05, 0) is 50.4 Å². The number of fused-ring (bicyclic) bond motifs is 3. The van der Waals surface area contributed by atoms with Crippen LogP contribution in [0.25, 0.3) is 22.2 Å². The molecule has 4 aliphatic rings. The molecule has 6 heterocycles. The summed E-state index contributed by atoms with van der Waals surface area (Å²) in [5, 5.41) is 4.08. The number of rotatable bonds is 5. The fourth-order valence-corrected chi connectivity index (χ4v) is 7.35. The highest BCUT2D eigenvalue weighted by Crippen LogP contribution is 2.49. The highest BCUT2D eigenvalue weighted by molar-refractivity contribution is 6.36. The molecule has 0 amide bonds. The van der Waals surface area contributed by atoms with Gasteiger partial charge in [-0.1, -0.05) is 30.7 Å². The lowest BCUT2D eigenvalue weighted by Crippen LogP contribution is -2.58. The van der Waals surface area contributed by atoms with Crippen LogP contribution in [-0.4, -0.2) is 76.9 Å². The summed E-state index contributed by atoms with van der Waals surface area (Å²) in [6, 6.07) is 3.84. The van der Waals surface area contributed by atoms with Crippen molar-refractivity contribution in [3.8, 4) is 23.0 Å². The molecule has 0 unspecified atom stereocenters. The van der Waals surface area contributed by atoms with E-state index in [0.717, 1.165) is 50.9 Å². The third-order valence-corrected chi connectivity index (χ3v) is 9.58. The van der Waals surface area contributed by atoms with Crippen molar-refractivity contribution < 1.29 is 22.6 Å². The van der Waals surface area contributed by atoms with E-state index in [9.17, 15) is 13.2 Å². The monoisotopic (exact) mass is 615 g/mol. The molecule has 4 aliphatic heterocycles.